The van der Waals surface area contributed by atoms with Gasteiger partial charge >= 0.3 is 0 Å². The van der Waals surface area contributed by atoms with Gasteiger partial charge in [-0.25, -0.2) is 19.8 Å². The molecular weight excluding hydrogens is 569 g/mol. The lowest BCUT2D eigenvalue weighted by Crippen LogP contribution is -2.50. The Hall–Kier alpha value is -3.96. The first-order valence-electron chi connectivity index (χ1n) is 13.9. The molecule has 0 N–H and O–H groups in total. The number of fused-ring (bicyclic) bond motifs is 5. The molecule has 0 radical (unpaired) electrons. The zero-order chi connectivity index (χ0) is 28.9. The molecule has 2 aromatic heterocycles. The summed E-state index contributed by atoms with van der Waals surface area (Å²) in [5.41, 5.74) is 2.98. The van der Waals surface area contributed by atoms with Crippen LogP contribution in [0.4, 0.5) is 11.4 Å². The topological polar surface area (TPSA) is 81.2 Å². The quantitative estimate of drug-likeness (QED) is 0.314. The number of amides is 4. The molecule has 4 aliphatic rings. The molecule has 4 amide bonds. The number of carbonyl (C=O) groups excluding carboxylic acids is 4. The van der Waals surface area contributed by atoms with Gasteiger partial charge in [0.25, 0.3) is 11.8 Å². The number of thiophene rings is 2. The van der Waals surface area contributed by atoms with Crippen LogP contribution in [-0.4, -0.2) is 45.7 Å². The van der Waals surface area contributed by atoms with Crippen LogP contribution in [-0.2, 0) is 19.2 Å². The summed E-state index contributed by atoms with van der Waals surface area (Å²) in [5, 5.41) is 7.74. The van der Waals surface area contributed by atoms with E-state index in [0.717, 1.165) is 20.9 Å². The number of hydrogen-bond donors (Lipinski definition) is 0. The number of aryl methyl sites for hydroxylation is 2. The maximum absolute atomic E-state index is 14.4. The lowest BCUT2D eigenvalue weighted by molar-refractivity contribution is -0.135. The van der Waals surface area contributed by atoms with Gasteiger partial charge in [0.15, 0.2) is 0 Å². The average Bonchev–Trinajstić information content (AvgIpc) is 3.79. The van der Waals surface area contributed by atoms with E-state index in [1.165, 1.54) is 32.5 Å². The van der Waals surface area contributed by atoms with Crippen molar-refractivity contribution in [1.29, 1.82) is 0 Å². The highest BCUT2D eigenvalue weighted by Gasteiger charge is 2.74. The Bertz CT molecular complexity index is 1640. The minimum Gasteiger partial charge on any atom is -0.274 e. The van der Waals surface area contributed by atoms with E-state index in [2.05, 4.69) is 0 Å². The summed E-state index contributed by atoms with van der Waals surface area (Å²) in [5.74, 6) is -2.66. The summed E-state index contributed by atoms with van der Waals surface area (Å²) in [6, 6.07) is 19.7. The second-order valence-corrected chi connectivity index (χ2v) is 13.3. The van der Waals surface area contributed by atoms with Crippen LogP contribution in [0.15, 0.2) is 83.6 Å². The molecule has 0 bridgehead atoms. The van der Waals surface area contributed by atoms with E-state index in [0.29, 0.717) is 11.4 Å². The van der Waals surface area contributed by atoms with Gasteiger partial charge in [0.1, 0.15) is 12.1 Å². The van der Waals surface area contributed by atoms with Crippen molar-refractivity contribution in [2.75, 3.05) is 9.80 Å². The van der Waals surface area contributed by atoms with E-state index in [9.17, 15) is 19.2 Å². The maximum Gasteiger partial charge on any atom is 0.253 e. The summed E-state index contributed by atoms with van der Waals surface area (Å²) in [4.78, 5) is 61.7. The molecule has 8 rings (SSSR count). The summed E-state index contributed by atoms with van der Waals surface area (Å²) >= 11 is 2.99. The Morgan fingerprint density at radius 1 is 0.524 bits per heavy atom. The van der Waals surface area contributed by atoms with Gasteiger partial charge in [-0.15, -0.1) is 22.7 Å². The molecule has 0 aliphatic carbocycles. The third-order valence-electron chi connectivity index (χ3n) is 8.91. The fourth-order valence-electron chi connectivity index (χ4n) is 7.35. The molecule has 4 fully saturated rings. The standard InChI is InChI=1S/C32H26N4O4S2/c1-17-7-3-9-19(15-17)33-29(37)23-25(21-11-5-13-41-21)36-28-24(26(22-12-6-14-42-22)35(36)27(23)31(33)39)30(38)34(32(28)40)20-10-4-8-18(2)16-20/h3-16,23-28H,1-2H3/t23-,24-,25+,26+,27-,28+/m1/s1. The Balaban J connectivity index is 1.31. The van der Waals surface area contributed by atoms with Crippen LogP contribution >= 0.6 is 22.7 Å². The fourth-order valence-corrected chi connectivity index (χ4v) is 9.09. The molecule has 0 saturated carbocycles. The van der Waals surface area contributed by atoms with Crippen LogP contribution in [0.1, 0.15) is 33.0 Å². The number of carbonyl (C=O) groups is 4. The molecule has 6 heterocycles. The highest BCUT2D eigenvalue weighted by molar-refractivity contribution is 7.10. The maximum atomic E-state index is 14.4. The molecule has 4 aromatic rings. The average molecular weight is 595 g/mol. The minimum absolute atomic E-state index is 0.280. The van der Waals surface area contributed by atoms with Gasteiger partial charge in [0.2, 0.25) is 11.8 Å². The number of benzene rings is 2. The Morgan fingerprint density at radius 3 is 1.31 bits per heavy atom. The van der Waals surface area contributed by atoms with Gasteiger partial charge in [-0.05, 0) is 72.1 Å². The van der Waals surface area contributed by atoms with Crippen molar-refractivity contribution in [2.45, 2.75) is 38.0 Å². The van der Waals surface area contributed by atoms with Gasteiger partial charge in [0, 0.05) is 9.75 Å². The largest absolute Gasteiger partial charge is 0.274 e. The molecule has 4 saturated heterocycles. The van der Waals surface area contributed by atoms with Gasteiger partial charge in [-0.3, -0.25) is 19.2 Å². The molecule has 42 heavy (non-hydrogen) atoms. The lowest BCUT2D eigenvalue weighted by atomic mass is 9.88. The van der Waals surface area contributed by atoms with Crippen LogP contribution in [0.5, 0.6) is 0 Å². The summed E-state index contributed by atoms with van der Waals surface area (Å²) in [6.07, 6.45) is 0. The molecular formula is C32H26N4O4S2. The third kappa shape index (κ3) is 3.40. The van der Waals surface area contributed by atoms with E-state index in [1.54, 1.807) is 12.1 Å². The van der Waals surface area contributed by atoms with Crippen molar-refractivity contribution in [3.05, 3.63) is 104 Å². The van der Waals surface area contributed by atoms with Crippen LogP contribution in [0.25, 0.3) is 0 Å². The van der Waals surface area contributed by atoms with Crippen molar-refractivity contribution in [2.24, 2.45) is 11.8 Å². The summed E-state index contributed by atoms with van der Waals surface area (Å²) in [7, 11) is 0. The molecule has 210 valence electrons. The van der Waals surface area contributed by atoms with Crippen molar-refractivity contribution in [1.82, 2.24) is 10.0 Å². The van der Waals surface area contributed by atoms with Crippen LogP contribution in [0, 0.1) is 25.7 Å². The van der Waals surface area contributed by atoms with Crippen molar-refractivity contribution in [3.8, 4) is 0 Å². The summed E-state index contributed by atoms with van der Waals surface area (Å²) in [6.45, 7) is 3.86. The number of anilines is 2. The summed E-state index contributed by atoms with van der Waals surface area (Å²) < 4.78 is 0. The van der Waals surface area contributed by atoms with E-state index < -0.39 is 36.0 Å². The van der Waals surface area contributed by atoms with Gasteiger partial charge < -0.3 is 0 Å². The molecule has 0 spiro atoms. The van der Waals surface area contributed by atoms with Crippen LogP contribution in [0.2, 0.25) is 0 Å². The highest BCUT2D eigenvalue weighted by atomic mass is 32.1. The first-order valence-corrected chi connectivity index (χ1v) is 15.6. The Morgan fingerprint density at radius 2 is 0.952 bits per heavy atom. The van der Waals surface area contributed by atoms with Gasteiger partial charge in [-0.2, -0.15) is 0 Å². The zero-order valence-electron chi connectivity index (χ0n) is 22.8. The number of rotatable bonds is 4. The second-order valence-electron chi connectivity index (χ2n) is 11.3. The van der Waals surface area contributed by atoms with E-state index in [1.807, 2.05) is 95.3 Å². The van der Waals surface area contributed by atoms with Gasteiger partial charge in [0.05, 0.1) is 35.3 Å². The van der Waals surface area contributed by atoms with Crippen molar-refractivity contribution in [3.63, 3.8) is 0 Å². The third-order valence-corrected chi connectivity index (χ3v) is 10.8. The van der Waals surface area contributed by atoms with E-state index in [-0.39, 0.29) is 23.6 Å². The molecule has 2 aromatic carbocycles. The minimum atomic E-state index is -0.837. The first-order chi connectivity index (χ1) is 20.4. The fraction of sp³-hybridized carbons (Fsp3) is 0.250. The first kappa shape index (κ1) is 25.7. The van der Waals surface area contributed by atoms with Gasteiger partial charge in [-0.1, -0.05) is 36.4 Å². The SMILES string of the molecule is Cc1cccc(N2C(=O)[C@H]3[C@@H](C2=O)N2[C@@H](c4cccs4)[C@H]4C(=O)N(c5cccc(C)c5)C(=O)[C@@H]4N2[C@H]3c2cccs2)c1. The second kappa shape index (κ2) is 9.27. The molecule has 0 unspecified atom stereocenters. The Kier molecular flexibility index (Phi) is 5.68. The van der Waals surface area contributed by atoms with Crippen LogP contribution in [0.3, 0.4) is 0 Å². The zero-order valence-corrected chi connectivity index (χ0v) is 24.4. The predicted octanol–water partition coefficient (Wildman–Crippen LogP) is 4.87. The van der Waals surface area contributed by atoms with E-state index >= 15 is 0 Å². The molecule has 10 heteroatoms. The normalized spacial score (nSPS) is 29.1. The number of nitrogens with zero attached hydrogens (tertiary/aromatic N) is 4. The Labute approximate surface area is 250 Å². The van der Waals surface area contributed by atoms with Crippen molar-refractivity contribution >= 4 is 57.7 Å². The van der Waals surface area contributed by atoms with E-state index in [4.69, 9.17) is 0 Å². The smallest absolute Gasteiger partial charge is 0.253 e. The lowest BCUT2D eigenvalue weighted by Gasteiger charge is -2.35. The highest BCUT2D eigenvalue weighted by Crippen LogP contribution is 2.60. The number of imide groups is 2. The van der Waals surface area contributed by atoms with Crippen molar-refractivity contribution < 1.29 is 19.2 Å². The predicted molar refractivity (Wildman–Crippen MR) is 160 cm³/mol. The molecule has 6 atom stereocenters. The monoisotopic (exact) mass is 594 g/mol. The molecule has 8 nitrogen and oxygen atoms in total. The number of hydrazine groups is 1. The number of hydrogen-bond acceptors (Lipinski definition) is 8. The van der Waals surface area contributed by atoms with Crippen LogP contribution < -0.4 is 9.80 Å². The molecule has 4 aliphatic heterocycles.